The molecular weight excluding hydrogens is 256 g/mol. The molecule has 0 bridgehead atoms. The van der Waals surface area contributed by atoms with E-state index < -0.39 is 6.23 Å². The molecule has 1 amide bonds. The summed E-state index contributed by atoms with van der Waals surface area (Å²) in [6.45, 7) is 1.15. The van der Waals surface area contributed by atoms with E-state index in [2.05, 4.69) is 10.6 Å². The van der Waals surface area contributed by atoms with Crippen molar-refractivity contribution in [1.29, 1.82) is 0 Å². The summed E-state index contributed by atoms with van der Waals surface area (Å²) in [5.41, 5.74) is 0. The summed E-state index contributed by atoms with van der Waals surface area (Å²) in [5, 5.41) is 14.6. The highest BCUT2D eigenvalue weighted by Crippen LogP contribution is 2.09. The van der Waals surface area contributed by atoms with Gasteiger partial charge in [0.25, 0.3) is 0 Å². The first-order valence-corrected chi connectivity index (χ1v) is 7.81. The Labute approximate surface area is 123 Å². The number of rotatable bonds is 14. The molecule has 0 heterocycles. The van der Waals surface area contributed by atoms with Gasteiger partial charge < -0.3 is 15.2 Å². The fraction of sp³-hybridized carbons (Fsp3) is 0.933. The third-order valence-corrected chi connectivity index (χ3v) is 3.33. The number of hydrogen-bond acceptors (Lipinski definition) is 4. The van der Waals surface area contributed by atoms with Gasteiger partial charge in [-0.15, -0.1) is 0 Å². The summed E-state index contributed by atoms with van der Waals surface area (Å²) in [5.74, 6) is 0.0267. The highest BCUT2D eigenvalue weighted by Gasteiger charge is 2.04. The molecular formula is C15H32N2O3. The zero-order chi connectivity index (χ0) is 15.1. The van der Waals surface area contributed by atoms with Crippen molar-refractivity contribution in [3.05, 3.63) is 0 Å². The van der Waals surface area contributed by atoms with Crippen LogP contribution in [0.5, 0.6) is 0 Å². The van der Waals surface area contributed by atoms with Gasteiger partial charge in [-0.25, -0.2) is 0 Å². The molecule has 1 unspecified atom stereocenters. The SMILES string of the molecule is CNC(O)CNC(=O)CCCCCCCCCCOC. The molecule has 0 saturated carbocycles. The van der Waals surface area contributed by atoms with Gasteiger partial charge in [-0.3, -0.25) is 10.1 Å². The molecule has 0 aromatic rings. The Morgan fingerprint density at radius 3 is 2.15 bits per heavy atom. The Hall–Kier alpha value is -0.650. The quantitative estimate of drug-likeness (QED) is 0.337. The zero-order valence-electron chi connectivity index (χ0n) is 13.1. The Morgan fingerprint density at radius 2 is 1.60 bits per heavy atom. The topological polar surface area (TPSA) is 70.6 Å². The van der Waals surface area contributed by atoms with E-state index in [9.17, 15) is 9.90 Å². The minimum absolute atomic E-state index is 0.0267. The van der Waals surface area contributed by atoms with Gasteiger partial charge in [0.2, 0.25) is 5.91 Å². The highest BCUT2D eigenvalue weighted by molar-refractivity contribution is 5.75. The first kappa shape index (κ1) is 19.4. The summed E-state index contributed by atoms with van der Waals surface area (Å²) in [6, 6.07) is 0. The van der Waals surface area contributed by atoms with Crippen LogP contribution >= 0.6 is 0 Å². The lowest BCUT2D eigenvalue weighted by Crippen LogP contribution is -2.38. The van der Waals surface area contributed by atoms with Crippen LogP contribution in [0.1, 0.15) is 57.8 Å². The maximum atomic E-state index is 11.4. The summed E-state index contributed by atoms with van der Waals surface area (Å²) in [6.07, 6.45) is 9.39. The molecule has 0 spiro atoms. The summed E-state index contributed by atoms with van der Waals surface area (Å²) in [7, 11) is 3.40. The summed E-state index contributed by atoms with van der Waals surface area (Å²) < 4.78 is 5.01. The van der Waals surface area contributed by atoms with E-state index in [0.29, 0.717) is 6.42 Å². The molecule has 120 valence electrons. The third kappa shape index (κ3) is 13.8. The number of methoxy groups -OCH3 is 1. The molecule has 0 aromatic heterocycles. The lowest BCUT2D eigenvalue weighted by atomic mass is 10.1. The molecule has 0 aliphatic carbocycles. The standard InChI is InChI=1S/C15H32N2O3/c1-16-15(19)13-17-14(18)11-9-7-5-3-4-6-8-10-12-20-2/h15-16,19H,3-13H2,1-2H3,(H,17,18). The monoisotopic (exact) mass is 288 g/mol. The fourth-order valence-electron chi connectivity index (χ4n) is 1.99. The smallest absolute Gasteiger partial charge is 0.220 e. The Kier molecular flexibility index (Phi) is 14.3. The predicted octanol–water partition coefficient (Wildman–Crippen LogP) is 1.80. The van der Waals surface area contributed by atoms with Crippen LogP contribution in [-0.2, 0) is 9.53 Å². The second kappa shape index (κ2) is 14.8. The third-order valence-electron chi connectivity index (χ3n) is 3.33. The Balaban J connectivity index is 3.17. The minimum atomic E-state index is -0.656. The van der Waals surface area contributed by atoms with E-state index in [-0.39, 0.29) is 12.5 Å². The molecule has 0 aliphatic heterocycles. The molecule has 3 N–H and O–H groups in total. The van der Waals surface area contributed by atoms with Crippen molar-refractivity contribution in [1.82, 2.24) is 10.6 Å². The highest BCUT2D eigenvalue weighted by atomic mass is 16.5. The van der Waals surface area contributed by atoms with Gasteiger partial charge in [0.05, 0.1) is 6.54 Å². The number of aliphatic hydroxyl groups is 1. The number of hydrogen-bond donors (Lipinski definition) is 3. The van der Waals surface area contributed by atoms with Crippen LogP contribution in [0.15, 0.2) is 0 Å². The maximum Gasteiger partial charge on any atom is 0.220 e. The van der Waals surface area contributed by atoms with Gasteiger partial charge in [-0.2, -0.15) is 0 Å². The van der Waals surface area contributed by atoms with Gasteiger partial charge >= 0.3 is 0 Å². The lowest BCUT2D eigenvalue weighted by molar-refractivity contribution is -0.121. The molecule has 5 nitrogen and oxygen atoms in total. The first-order chi connectivity index (χ1) is 9.70. The van der Waals surface area contributed by atoms with Crippen LogP contribution in [0.25, 0.3) is 0 Å². The van der Waals surface area contributed by atoms with Gasteiger partial charge in [-0.05, 0) is 19.9 Å². The number of nitrogens with one attached hydrogen (secondary N) is 2. The van der Waals surface area contributed by atoms with Crippen molar-refractivity contribution in [3.8, 4) is 0 Å². The van der Waals surface area contributed by atoms with Gasteiger partial charge in [0.15, 0.2) is 0 Å². The number of carbonyl (C=O) groups is 1. The second-order valence-corrected chi connectivity index (χ2v) is 5.18. The van der Waals surface area contributed by atoms with E-state index in [1.54, 1.807) is 14.2 Å². The summed E-state index contributed by atoms with van der Waals surface area (Å²) in [4.78, 5) is 11.4. The fourth-order valence-corrected chi connectivity index (χ4v) is 1.99. The summed E-state index contributed by atoms with van der Waals surface area (Å²) >= 11 is 0. The van der Waals surface area contributed by atoms with Crippen LogP contribution < -0.4 is 10.6 Å². The minimum Gasteiger partial charge on any atom is -0.385 e. The predicted molar refractivity (Wildman–Crippen MR) is 81.5 cm³/mol. The first-order valence-electron chi connectivity index (χ1n) is 7.81. The van der Waals surface area contributed by atoms with E-state index in [1.807, 2.05) is 0 Å². The molecule has 0 radical (unpaired) electrons. The Morgan fingerprint density at radius 1 is 1.05 bits per heavy atom. The number of amides is 1. The second-order valence-electron chi connectivity index (χ2n) is 5.18. The van der Waals surface area contributed by atoms with E-state index in [4.69, 9.17) is 4.74 Å². The average Bonchev–Trinajstić information content (AvgIpc) is 2.46. The zero-order valence-corrected chi connectivity index (χ0v) is 13.1. The van der Waals surface area contributed by atoms with Crippen LogP contribution in [-0.4, -0.2) is 44.6 Å². The van der Waals surface area contributed by atoms with Crippen molar-refractivity contribution in [2.45, 2.75) is 64.0 Å². The van der Waals surface area contributed by atoms with Crippen LogP contribution in [0.3, 0.4) is 0 Å². The van der Waals surface area contributed by atoms with Crippen LogP contribution in [0.4, 0.5) is 0 Å². The molecule has 1 atom stereocenters. The van der Waals surface area contributed by atoms with Crippen molar-refractivity contribution in [2.75, 3.05) is 27.3 Å². The molecule has 0 aliphatic rings. The van der Waals surface area contributed by atoms with E-state index in [0.717, 1.165) is 25.9 Å². The molecule has 0 fully saturated rings. The van der Waals surface area contributed by atoms with E-state index in [1.165, 1.54) is 32.1 Å². The normalized spacial score (nSPS) is 12.3. The number of carbonyl (C=O) groups excluding carboxylic acids is 1. The number of unbranched alkanes of at least 4 members (excludes halogenated alkanes) is 7. The molecule has 5 heteroatoms. The molecule has 0 rings (SSSR count). The molecule has 20 heavy (non-hydrogen) atoms. The number of ether oxygens (including phenoxy) is 1. The van der Waals surface area contributed by atoms with Crippen LogP contribution in [0, 0.1) is 0 Å². The Bertz CT molecular complexity index is 225. The van der Waals surface area contributed by atoms with Crippen LogP contribution in [0.2, 0.25) is 0 Å². The maximum absolute atomic E-state index is 11.4. The lowest BCUT2D eigenvalue weighted by Gasteiger charge is -2.10. The van der Waals surface area contributed by atoms with E-state index >= 15 is 0 Å². The van der Waals surface area contributed by atoms with Crippen molar-refractivity contribution >= 4 is 5.91 Å². The molecule has 0 saturated heterocycles. The van der Waals surface area contributed by atoms with Gasteiger partial charge in [0, 0.05) is 20.1 Å². The van der Waals surface area contributed by atoms with Gasteiger partial charge in [-0.1, -0.05) is 38.5 Å². The number of aliphatic hydroxyl groups excluding tert-OH is 1. The van der Waals surface area contributed by atoms with Crippen molar-refractivity contribution in [2.24, 2.45) is 0 Å². The number of likely N-dealkylation sites (N-methyl/N-ethyl adjacent to an activating group) is 1. The largest absolute Gasteiger partial charge is 0.385 e. The van der Waals surface area contributed by atoms with Crippen molar-refractivity contribution in [3.63, 3.8) is 0 Å². The molecule has 0 aromatic carbocycles. The van der Waals surface area contributed by atoms with Crippen molar-refractivity contribution < 1.29 is 14.6 Å². The average molecular weight is 288 g/mol. The van der Waals surface area contributed by atoms with Gasteiger partial charge in [0.1, 0.15) is 6.23 Å².